The molecule has 96 valence electrons. The highest BCUT2D eigenvalue weighted by Crippen LogP contribution is 2.17. The lowest BCUT2D eigenvalue weighted by Crippen LogP contribution is -2.38. The molecule has 1 fully saturated rings. The second-order valence-corrected chi connectivity index (χ2v) is 4.88. The highest BCUT2D eigenvalue weighted by atomic mass is 35.5. The van der Waals surface area contributed by atoms with Gasteiger partial charge in [-0.05, 0) is 36.6 Å². The number of carbonyl (C=O) groups is 1. The molecule has 1 atom stereocenters. The van der Waals surface area contributed by atoms with Crippen LogP contribution >= 0.6 is 11.6 Å². The maximum absolute atomic E-state index is 12.0. The summed E-state index contributed by atoms with van der Waals surface area (Å²) in [6.07, 6.45) is 5.47. The molecule has 1 aromatic rings. The van der Waals surface area contributed by atoms with E-state index in [1.54, 1.807) is 6.08 Å². The Balaban J connectivity index is 2.00. The summed E-state index contributed by atoms with van der Waals surface area (Å²) in [4.78, 5) is 13.9. The number of halogens is 1. The smallest absolute Gasteiger partial charge is 0.246 e. The summed E-state index contributed by atoms with van der Waals surface area (Å²) in [6, 6.07) is 7.59. The lowest BCUT2D eigenvalue weighted by molar-refractivity contribution is -0.126. The summed E-state index contributed by atoms with van der Waals surface area (Å²) in [5.41, 5.74) is 6.62. The van der Waals surface area contributed by atoms with Crippen LogP contribution in [0.4, 0.5) is 0 Å². The van der Waals surface area contributed by atoms with Crippen molar-refractivity contribution in [3.05, 3.63) is 40.9 Å². The van der Waals surface area contributed by atoms with Crippen molar-refractivity contribution in [2.75, 3.05) is 13.1 Å². The van der Waals surface area contributed by atoms with Crippen LogP contribution in [0.25, 0.3) is 6.08 Å². The third-order valence-corrected chi connectivity index (χ3v) is 3.47. The molecule has 1 amide bonds. The van der Waals surface area contributed by atoms with E-state index in [9.17, 15) is 4.79 Å². The Kier molecular flexibility index (Phi) is 4.39. The van der Waals surface area contributed by atoms with Crippen molar-refractivity contribution in [3.8, 4) is 0 Å². The molecule has 1 aliphatic heterocycles. The molecule has 1 aliphatic rings. The van der Waals surface area contributed by atoms with Crippen LogP contribution in [0.3, 0.4) is 0 Å². The van der Waals surface area contributed by atoms with Crippen molar-refractivity contribution in [3.63, 3.8) is 0 Å². The van der Waals surface area contributed by atoms with Crippen molar-refractivity contribution in [2.45, 2.75) is 18.9 Å². The van der Waals surface area contributed by atoms with Crippen molar-refractivity contribution < 1.29 is 4.79 Å². The van der Waals surface area contributed by atoms with E-state index in [2.05, 4.69) is 0 Å². The van der Waals surface area contributed by atoms with Crippen LogP contribution in [0.2, 0.25) is 5.02 Å². The van der Waals surface area contributed by atoms with Crippen LogP contribution in [-0.4, -0.2) is 29.9 Å². The number of likely N-dealkylation sites (tertiary alicyclic amines) is 1. The largest absolute Gasteiger partial charge is 0.335 e. The van der Waals surface area contributed by atoms with Gasteiger partial charge in [-0.1, -0.05) is 23.7 Å². The van der Waals surface area contributed by atoms with Gasteiger partial charge in [-0.2, -0.15) is 0 Å². The average molecular weight is 265 g/mol. The molecule has 3 nitrogen and oxygen atoms in total. The Labute approximate surface area is 112 Å². The monoisotopic (exact) mass is 264 g/mol. The molecule has 0 aliphatic carbocycles. The Hall–Kier alpha value is -1.32. The van der Waals surface area contributed by atoms with Crippen molar-refractivity contribution in [2.24, 2.45) is 5.73 Å². The van der Waals surface area contributed by atoms with E-state index in [0.29, 0.717) is 11.6 Å². The lowest BCUT2D eigenvalue weighted by Gasteiger charge is -2.21. The van der Waals surface area contributed by atoms with Gasteiger partial charge < -0.3 is 10.6 Å². The summed E-state index contributed by atoms with van der Waals surface area (Å²) in [5, 5.41) is 0.696. The average Bonchev–Trinajstić information content (AvgIpc) is 2.86. The summed E-state index contributed by atoms with van der Waals surface area (Å²) in [6.45, 7) is 1.35. The van der Waals surface area contributed by atoms with Gasteiger partial charge in [0.2, 0.25) is 5.91 Å². The first-order valence-electron chi connectivity index (χ1n) is 6.15. The van der Waals surface area contributed by atoms with Gasteiger partial charge in [0.1, 0.15) is 0 Å². The fraction of sp³-hybridized carbons (Fsp3) is 0.357. The van der Waals surface area contributed by atoms with Gasteiger partial charge in [0.15, 0.2) is 0 Å². The Morgan fingerprint density at radius 2 is 2.17 bits per heavy atom. The number of hydrogen-bond donors (Lipinski definition) is 1. The van der Waals surface area contributed by atoms with Crippen molar-refractivity contribution in [1.82, 2.24) is 4.90 Å². The van der Waals surface area contributed by atoms with Crippen LogP contribution in [-0.2, 0) is 4.79 Å². The first-order valence-corrected chi connectivity index (χ1v) is 6.53. The molecule has 2 rings (SSSR count). The highest BCUT2D eigenvalue weighted by molar-refractivity contribution is 6.30. The van der Waals surface area contributed by atoms with Gasteiger partial charge in [-0.15, -0.1) is 0 Å². The molecule has 0 saturated carbocycles. The first-order chi connectivity index (χ1) is 8.70. The van der Waals surface area contributed by atoms with E-state index >= 15 is 0 Å². The first kappa shape index (κ1) is 13.1. The summed E-state index contributed by atoms with van der Waals surface area (Å²) < 4.78 is 0. The molecule has 1 heterocycles. The van der Waals surface area contributed by atoms with Gasteiger partial charge in [0.05, 0.1) is 0 Å². The standard InChI is InChI=1S/C14H17ClN2O/c15-12-6-3-11(4-7-12)5-8-14(18)17-9-1-2-13(17)10-16/h3-8,13H,1-2,9-10,16H2. The third kappa shape index (κ3) is 3.12. The van der Waals surface area contributed by atoms with Crippen LogP contribution < -0.4 is 5.73 Å². The van der Waals surface area contributed by atoms with Gasteiger partial charge in [0.25, 0.3) is 0 Å². The Morgan fingerprint density at radius 1 is 1.44 bits per heavy atom. The zero-order chi connectivity index (χ0) is 13.0. The molecule has 1 unspecified atom stereocenters. The number of nitrogens with two attached hydrogens (primary N) is 1. The van der Waals surface area contributed by atoms with Crippen molar-refractivity contribution >= 4 is 23.6 Å². The van der Waals surface area contributed by atoms with Gasteiger partial charge in [-0.3, -0.25) is 4.79 Å². The van der Waals surface area contributed by atoms with E-state index in [0.717, 1.165) is 24.9 Å². The second-order valence-electron chi connectivity index (χ2n) is 4.45. The van der Waals surface area contributed by atoms with E-state index in [1.165, 1.54) is 0 Å². The van der Waals surface area contributed by atoms with Crippen LogP contribution in [0.5, 0.6) is 0 Å². The second kappa shape index (κ2) is 6.03. The summed E-state index contributed by atoms with van der Waals surface area (Å²) >= 11 is 5.80. The molecule has 1 saturated heterocycles. The number of amides is 1. The Bertz CT molecular complexity index is 442. The predicted molar refractivity (Wildman–Crippen MR) is 74.3 cm³/mol. The van der Waals surface area contributed by atoms with Crippen LogP contribution in [0.15, 0.2) is 30.3 Å². The molecule has 0 aromatic heterocycles. The van der Waals surface area contributed by atoms with E-state index in [1.807, 2.05) is 35.2 Å². The summed E-state index contributed by atoms with van der Waals surface area (Å²) in [7, 11) is 0. The number of hydrogen-bond acceptors (Lipinski definition) is 2. The quantitative estimate of drug-likeness (QED) is 0.852. The molecule has 0 radical (unpaired) electrons. The topological polar surface area (TPSA) is 46.3 Å². The van der Waals surface area contributed by atoms with Gasteiger partial charge >= 0.3 is 0 Å². The van der Waals surface area contributed by atoms with E-state index in [-0.39, 0.29) is 11.9 Å². The molecule has 2 N–H and O–H groups in total. The molecule has 0 bridgehead atoms. The molecule has 0 spiro atoms. The zero-order valence-electron chi connectivity index (χ0n) is 10.2. The van der Waals surface area contributed by atoms with Crippen LogP contribution in [0.1, 0.15) is 18.4 Å². The molecule has 18 heavy (non-hydrogen) atoms. The molecular formula is C14H17ClN2O. The minimum atomic E-state index is 0.0397. The number of rotatable bonds is 3. The normalized spacial score (nSPS) is 19.7. The maximum Gasteiger partial charge on any atom is 0.246 e. The predicted octanol–water partition coefficient (Wildman–Crippen LogP) is 2.30. The summed E-state index contributed by atoms with van der Waals surface area (Å²) in [5.74, 6) is 0.0397. The third-order valence-electron chi connectivity index (χ3n) is 3.22. The maximum atomic E-state index is 12.0. The SMILES string of the molecule is NCC1CCCN1C(=O)C=Cc1ccc(Cl)cc1. The molecular weight excluding hydrogens is 248 g/mol. The highest BCUT2D eigenvalue weighted by Gasteiger charge is 2.25. The van der Waals surface area contributed by atoms with E-state index in [4.69, 9.17) is 17.3 Å². The van der Waals surface area contributed by atoms with Gasteiger partial charge in [-0.25, -0.2) is 0 Å². The minimum absolute atomic E-state index is 0.0397. The van der Waals surface area contributed by atoms with E-state index < -0.39 is 0 Å². The van der Waals surface area contributed by atoms with Gasteiger partial charge in [0, 0.05) is 30.2 Å². The lowest BCUT2D eigenvalue weighted by atomic mass is 10.2. The number of nitrogens with zero attached hydrogens (tertiary/aromatic N) is 1. The minimum Gasteiger partial charge on any atom is -0.335 e. The van der Waals surface area contributed by atoms with Crippen molar-refractivity contribution in [1.29, 1.82) is 0 Å². The fourth-order valence-electron chi connectivity index (χ4n) is 2.21. The number of benzene rings is 1. The molecule has 4 heteroatoms. The van der Waals surface area contributed by atoms with Crippen LogP contribution in [0, 0.1) is 0 Å². The Morgan fingerprint density at radius 3 is 2.83 bits per heavy atom. The number of carbonyl (C=O) groups excluding carboxylic acids is 1. The fourth-order valence-corrected chi connectivity index (χ4v) is 2.33. The zero-order valence-corrected chi connectivity index (χ0v) is 10.9. The molecule has 1 aromatic carbocycles.